The lowest BCUT2D eigenvalue weighted by atomic mass is 10.1. The number of hydrazine groups is 1. The Kier molecular flexibility index (Phi) is 8.02. The molecule has 0 aliphatic carbocycles. The van der Waals surface area contributed by atoms with Crippen LogP contribution in [-0.2, 0) is 10.5 Å². The molecule has 0 heterocycles. The van der Waals surface area contributed by atoms with Crippen molar-refractivity contribution in [2.75, 3.05) is 11.1 Å². The van der Waals surface area contributed by atoms with Crippen molar-refractivity contribution in [2.45, 2.75) is 12.7 Å². The number of thioether (sulfide) groups is 1. The first-order chi connectivity index (χ1) is 12.8. The maximum Gasteiger partial charge on any atom is 0.248 e. The van der Waals surface area contributed by atoms with Gasteiger partial charge in [0.15, 0.2) is 10.9 Å². The van der Waals surface area contributed by atoms with Crippen LogP contribution in [0.1, 0.15) is 22.8 Å². The minimum atomic E-state index is -0.398. The van der Waals surface area contributed by atoms with Gasteiger partial charge in [-0.15, -0.1) is 11.8 Å². The topological polar surface area (TPSA) is 70.2 Å². The number of benzene rings is 2. The normalized spacial score (nSPS) is 10.2. The van der Waals surface area contributed by atoms with E-state index in [1.54, 1.807) is 30.3 Å². The maximum atomic E-state index is 13.0. The van der Waals surface area contributed by atoms with Crippen LogP contribution in [0.4, 0.5) is 10.1 Å². The molecule has 5 nitrogen and oxygen atoms in total. The van der Waals surface area contributed by atoms with Crippen molar-refractivity contribution in [3.8, 4) is 0 Å². The Labute approximate surface area is 171 Å². The molecule has 2 aromatic rings. The Hall–Kier alpha value is -2.16. The van der Waals surface area contributed by atoms with E-state index >= 15 is 0 Å². The third-order valence-electron chi connectivity index (χ3n) is 3.35. The lowest BCUT2D eigenvalue weighted by Crippen LogP contribution is -2.44. The minimum Gasteiger partial charge on any atom is -0.331 e. The van der Waals surface area contributed by atoms with E-state index in [1.165, 1.54) is 30.8 Å². The predicted molar refractivity (Wildman–Crippen MR) is 112 cm³/mol. The Morgan fingerprint density at radius 3 is 2.67 bits per heavy atom. The number of hydrogen-bond acceptors (Lipinski definition) is 4. The van der Waals surface area contributed by atoms with E-state index in [0.29, 0.717) is 22.0 Å². The van der Waals surface area contributed by atoms with E-state index in [2.05, 4.69) is 16.2 Å². The van der Waals surface area contributed by atoms with Gasteiger partial charge in [-0.25, -0.2) is 4.39 Å². The molecule has 9 heteroatoms. The highest BCUT2D eigenvalue weighted by atomic mass is 35.5. The van der Waals surface area contributed by atoms with Gasteiger partial charge in [0.1, 0.15) is 5.82 Å². The summed E-state index contributed by atoms with van der Waals surface area (Å²) >= 11 is 12.4. The number of ketones is 1. The first kappa shape index (κ1) is 21.1. The van der Waals surface area contributed by atoms with Crippen LogP contribution in [0.25, 0.3) is 0 Å². The monoisotopic (exact) mass is 425 g/mol. The zero-order valence-corrected chi connectivity index (χ0v) is 16.7. The predicted octanol–water partition coefficient (Wildman–Crippen LogP) is 3.93. The largest absolute Gasteiger partial charge is 0.331 e. The van der Waals surface area contributed by atoms with E-state index in [0.717, 1.165) is 5.56 Å². The fraction of sp³-hybridized carbons (Fsp3) is 0.167. The summed E-state index contributed by atoms with van der Waals surface area (Å²) in [5, 5.41) is 3.40. The smallest absolute Gasteiger partial charge is 0.248 e. The summed E-state index contributed by atoms with van der Waals surface area (Å²) in [7, 11) is 0. The summed E-state index contributed by atoms with van der Waals surface area (Å²) in [6.07, 6.45) is 0. The van der Waals surface area contributed by atoms with Crippen LogP contribution in [0.15, 0.2) is 42.5 Å². The number of amides is 1. The molecule has 0 aliphatic rings. The maximum absolute atomic E-state index is 13.0. The van der Waals surface area contributed by atoms with Crippen LogP contribution in [0, 0.1) is 5.82 Å². The zero-order valence-electron chi connectivity index (χ0n) is 14.3. The van der Waals surface area contributed by atoms with Gasteiger partial charge in [0.25, 0.3) is 0 Å². The molecule has 0 unspecified atom stereocenters. The van der Waals surface area contributed by atoms with Gasteiger partial charge in [0.2, 0.25) is 5.91 Å². The van der Waals surface area contributed by atoms with Gasteiger partial charge in [0.05, 0.1) is 5.75 Å². The first-order valence-corrected chi connectivity index (χ1v) is 9.78. The van der Waals surface area contributed by atoms with E-state index in [1.807, 2.05) is 0 Å². The van der Waals surface area contributed by atoms with Crippen molar-refractivity contribution >= 4 is 58.1 Å². The molecule has 0 saturated carbocycles. The number of hydrogen-bond donors (Lipinski definition) is 3. The SMILES string of the molecule is CC(=O)c1cccc(NC(=S)NNC(=O)CSCc2ccc(F)cc2Cl)c1. The van der Waals surface area contributed by atoms with Crippen LogP contribution < -0.4 is 16.2 Å². The summed E-state index contributed by atoms with van der Waals surface area (Å²) in [6, 6.07) is 11.0. The molecule has 27 heavy (non-hydrogen) atoms. The van der Waals surface area contributed by atoms with Gasteiger partial charge in [-0.05, 0) is 49.0 Å². The van der Waals surface area contributed by atoms with Crippen molar-refractivity contribution < 1.29 is 14.0 Å². The Morgan fingerprint density at radius 1 is 1.19 bits per heavy atom. The second-order valence-electron chi connectivity index (χ2n) is 5.49. The van der Waals surface area contributed by atoms with Crippen molar-refractivity contribution in [1.29, 1.82) is 0 Å². The van der Waals surface area contributed by atoms with Crippen LogP contribution >= 0.6 is 35.6 Å². The number of thiocarbonyl (C=S) groups is 1. The highest BCUT2D eigenvalue weighted by Crippen LogP contribution is 2.22. The molecule has 2 aromatic carbocycles. The van der Waals surface area contributed by atoms with Crippen LogP contribution in [0.3, 0.4) is 0 Å². The number of Topliss-reactive ketones (excluding diaryl/α,β-unsaturated/α-hetero) is 1. The van der Waals surface area contributed by atoms with Crippen molar-refractivity contribution in [2.24, 2.45) is 0 Å². The molecule has 0 saturated heterocycles. The van der Waals surface area contributed by atoms with Gasteiger partial charge in [-0.3, -0.25) is 20.4 Å². The number of carbonyl (C=O) groups excluding carboxylic acids is 2. The average molecular weight is 426 g/mol. The molecule has 0 aromatic heterocycles. The molecule has 0 atom stereocenters. The third kappa shape index (κ3) is 7.16. The summed E-state index contributed by atoms with van der Waals surface area (Å²) in [4.78, 5) is 23.2. The molecule has 142 valence electrons. The van der Waals surface area contributed by atoms with E-state index in [9.17, 15) is 14.0 Å². The van der Waals surface area contributed by atoms with Crippen LogP contribution in [-0.4, -0.2) is 22.6 Å². The third-order valence-corrected chi connectivity index (χ3v) is 4.89. The molecule has 0 bridgehead atoms. The van der Waals surface area contributed by atoms with Gasteiger partial charge in [0, 0.05) is 22.0 Å². The molecule has 3 N–H and O–H groups in total. The molecule has 1 amide bonds. The van der Waals surface area contributed by atoms with Crippen LogP contribution in [0.5, 0.6) is 0 Å². The van der Waals surface area contributed by atoms with Crippen molar-refractivity contribution in [1.82, 2.24) is 10.9 Å². The summed E-state index contributed by atoms with van der Waals surface area (Å²) in [6.45, 7) is 1.48. The molecule has 0 radical (unpaired) electrons. The number of anilines is 1. The molecular formula is C18H17ClFN3O2S2. The van der Waals surface area contributed by atoms with E-state index in [4.69, 9.17) is 23.8 Å². The van der Waals surface area contributed by atoms with Crippen molar-refractivity contribution in [3.63, 3.8) is 0 Å². The Balaban J connectivity index is 1.72. The Morgan fingerprint density at radius 2 is 1.96 bits per heavy atom. The van der Waals surface area contributed by atoms with E-state index < -0.39 is 5.82 Å². The van der Waals surface area contributed by atoms with E-state index in [-0.39, 0.29) is 22.6 Å². The van der Waals surface area contributed by atoms with Gasteiger partial charge in [-0.2, -0.15) is 0 Å². The molecule has 2 rings (SSSR count). The lowest BCUT2D eigenvalue weighted by Gasteiger charge is -2.12. The number of halogens is 2. The fourth-order valence-electron chi connectivity index (χ4n) is 2.03. The number of nitrogens with one attached hydrogen (secondary N) is 3. The Bertz CT molecular complexity index is 864. The first-order valence-electron chi connectivity index (χ1n) is 7.83. The quantitative estimate of drug-likeness (QED) is 0.370. The highest BCUT2D eigenvalue weighted by Gasteiger charge is 2.07. The number of rotatable bonds is 6. The van der Waals surface area contributed by atoms with Crippen LogP contribution in [0.2, 0.25) is 5.02 Å². The summed E-state index contributed by atoms with van der Waals surface area (Å²) < 4.78 is 13.0. The second-order valence-corrected chi connectivity index (χ2v) is 7.29. The van der Waals surface area contributed by atoms with Gasteiger partial charge >= 0.3 is 0 Å². The number of carbonyl (C=O) groups is 2. The molecule has 0 aliphatic heterocycles. The fourth-order valence-corrected chi connectivity index (χ4v) is 3.35. The van der Waals surface area contributed by atoms with Gasteiger partial charge < -0.3 is 5.32 Å². The van der Waals surface area contributed by atoms with Crippen molar-refractivity contribution in [3.05, 3.63) is 64.4 Å². The second kappa shape index (κ2) is 10.2. The standard InChI is InChI=1S/C18H17ClFN3O2S2/c1-11(24)12-3-2-4-15(7-12)21-18(26)23-22-17(25)10-27-9-13-5-6-14(20)8-16(13)19/h2-8H,9-10H2,1H3,(H,22,25)(H2,21,23,26). The summed E-state index contributed by atoms with van der Waals surface area (Å²) in [5.41, 5.74) is 7.02. The highest BCUT2D eigenvalue weighted by molar-refractivity contribution is 7.99. The molecular weight excluding hydrogens is 409 g/mol. The van der Waals surface area contributed by atoms with Gasteiger partial charge in [-0.1, -0.05) is 29.8 Å². The minimum absolute atomic E-state index is 0.0517. The zero-order chi connectivity index (χ0) is 19.8. The lowest BCUT2D eigenvalue weighted by molar-refractivity contribution is -0.119. The summed E-state index contributed by atoms with van der Waals surface area (Å²) in [5.74, 6) is -0.0783. The molecule has 0 spiro atoms. The average Bonchev–Trinajstić information content (AvgIpc) is 2.62. The molecule has 0 fully saturated rings.